The van der Waals surface area contributed by atoms with Crippen molar-refractivity contribution in [3.63, 3.8) is 0 Å². The van der Waals surface area contributed by atoms with Crippen molar-refractivity contribution in [3.05, 3.63) is 83.4 Å². The van der Waals surface area contributed by atoms with Gasteiger partial charge in [0.1, 0.15) is 5.75 Å². The number of carboxylic acids is 1. The van der Waals surface area contributed by atoms with Gasteiger partial charge in [-0.1, -0.05) is 29.8 Å². The van der Waals surface area contributed by atoms with Gasteiger partial charge in [-0.2, -0.15) is 13.2 Å². The summed E-state index contributed by atoms with van der Waals surface area (Å²) in [5.74, 6) is -2.20. The van der Waals surface area contributed by atoms with Crippen molar-refractivity contribution < 1.29 is 32.6 Å². The first-order valence-electron chi connectivity index (χ1n) is 9.77. The van der Waals surface area contributed by atoms with E-state index in [-0.39, 0.29) is 5.91 Å². The topological polar surface area (TPSA) is 93.5 Å². The second kappa shape index (κ2) is 12.4. The van der Waals surface area contributed by atoms with E-state index in [0.29, 0.717) is 17.3 Å². The van der Waals surface area contributed by atoms with Crippen LogP contribution in [0.15, 0.2) is 67.3 Å². The molecule has 0 aliphatic heterocycles. The van der Waals surface area contributed by atoms with E-state index in [1.54, 1.807) is 25.7 Å². The summed E-state index contributed by atoms with van der Waals surface area (Å²) in [4.78, 5) is 25.0. The van der Waals surface area contributed by atoms with Crippen molar-refractivity contribution in [2.24, 2.45) is 0 Å². The molecule has 0 saturated heterocycles. The third kappa shape index (κ3) is 8.62. The van der Waals surface area contributed by atoms with E-state index < -0.39 is 12.1 Å². The molecule has 0 fully saturated rings. The molecule has 0 saturated carbocycles. The fourth-order valence-corrected chi connectivity index (χ4v) is 2.88. The molecule has 11 heteroatoms. The molecule has 0 radical (unpaired) electrons. The summed E-state index contributed by atoms with van der Waals surface area (Å²) >= 11 is 5.96. The van der Waals surface area contributed by atoms with Gasteiger partial charge in [0.05, 0.1) is 19.1 Å². The highest BCUT2D eigenvalue weighted by Crippen LogP contribution is 2.24. The van der Waals surface area contributed by atoms with Gasteiger partial charge < -0.3 is 19.7 Å². The standard InChI is InChI=1S/C21H20ClN3O2.C2HF3O2/c1-27-20-14-17(5-7-19(20)25-12-11-23-15-25)6-8-21(26)24-10-9-16-3-2-4-18(22)13-16;3-2(4,5)1(6)7/h2-8,11-15H,9-10H2,1H3,(H,24,26);(H,6,7)/b8-6+;. The maximum absolute atomic E-state index is 12.0. The van der Waals surface area contributed by atoms with E-state index in [4.69, 9.17) is 26.2 Å². The molecule has 3 aromatic rings. The van der Waals surface area contributed by atoms with Crippen molar-refractivity contribution in [1.29, 1.82) is 0 Å². The number of halogens is 4. The Balaban J connectivity index is 0.000000509. The summed E-state index contributed by atoms with van der Waals surface area (Å²) in [6, 6.07) is 13.4. The number of nitrogens with one attached hydrogen (secondary N) is 1. The molecule has 0 unspecified atom stereocenters. The molecule has 0 aliphatic rings. The molecule has 1 heterocycles. The normalized spacial score (nSPS) is 11.0. The van der Waals surface area contributed by atoms with Crippen molar-refractivity contribution in [2.45, 2.75) is 12.6 Å². The molecule has 0 bridgehead atoms. The lowest BCUT2D eigenvalue weighted by atomic mass is 10.1. The Bertz CT molecular complexity index is 1130. The number of carbonyl (C=O) groups is 2. The number of aliphatic carboxylic acids is 1. The number of methoxy groups -OCH3 is 1. The SMILES string of the molecule is COc1cc(/C=C/C(=O)NCCc2cccc(Cl)c2)ccc1-n1ccnc1.O=C(O)C(F)(F)F. The molecule has 1 amide bonds. The lowest BCUT2D eigenvalue weighted by molar-refractivity contribution is -0.192. The molecule has 0 spiro atoms. The highest BCUT2D eigenvalue weighted by atomic mass is 35.5. The Kier molecular flexibility index (Phi) is 9.69. The van der Waals surface area contributed by atoms with Crippen LogP contribution >= 0.6 is 11.6 Å². The summed E-state index contributed by atoms with van der Waals surface area (Å²) in [7, 11) is 1.62. The van der Waals surface area contributed by atoms with Gasteiger partial charge in [-0.15, -0.1) is 0 Å². The first-order chi connectivity index (χ1) is 16.1. The number of carbonyl (C=O) groups excluding carboxylic acids is 1. The van der Waals surface area contributed by atoms with Crippen LogP contribution < -0.4 is 10.1 Å². The van der Waals surface area contributed by atoms with Crippen LogP contribution in [0.5, 0.6) is 5.75 Å². The lowest BCUT2D eigenvalue weighted by Gasteiger charge is -2.09. The first-order valence-corrected chi connectivity index (χ1v) is 10.1. The number of amides is 1. The van der Waals surface area contributed by atoms with Crippen LogP contribution in [-0.4, -0.2) is 46.4 Å². The average molecular weight is 496 g/mol. The van der Waals surface area contributed by atoms with Crippen molar-refractivity contribution in [1.82, 2.24) is 14.9 Å². The number of alkyl halides is 3. The predicted octanol–water partition coefficient (Wildman–Crippen LogP) is 4.54. The van der Waals surface area contributed by atoms with Crippen molar-refractivity contribution in [2.75, 3.05) is 13.7 Å². The molecule has 2 N–H and O–H groups in total. The van der Waals surface area contributed by atoms with Crippen molar-refractivity contribution in [3.8, 4) is 11.4 Å². The maximum atomic E-state index is 12.0. The van der Waals surface area contributed by atoms with Crippen LogP contribution in [0.3, 0.4) is 0 Å². The van der Waals surface area contributed by atoms with Gasteiger partial charge >= 0.3 is 12.1 Å². The quantitative estimate of drug-likeness (QED) is 0.469. The van der Waals surface area contributed by atoms with Gasteiger partial charge in [-0.05, 0) is 47.9 Å². The van der Waals surface area contributed by atoms with E-state index in [1.807, 2.05) is 53.2 Å². The zero-order valence-electron chi connectivity index (χ0n) is 17.9. The van der Waals surface area contributed by atoms with Crippen LogP contribution in [-0.2, 0) is 16.0 Å². The van der Waals surface area contributed by atoms with Crippen LogP contribution in [0.1, 0.15) is 11.1 Å². The predicted molar refractivity (Wildman–Crippen MR) is 121 cm³/mol. The molecular formula is C23H21ClF3N3O4. The lowest BCUT2D eigenvalue weighted by Crippen LogP contribution is -2.23. The van der Waals surface area contributed by atoms with Gasteiger partial charge in [-0.3, -0.25) is 4.79 Å². The average Bonchev–Trinajstić information content (AvgIpc) is 3.32. The molecule has 0 atom stereocenters. The maximum Gasteiger partial charge on any atom is 0.490 e. The van der Waals surface area contributed by atoms with E-state index in [0.717, 1.165) is 23.2 Å². The molecule has 3 rings (SSSR count). The van der Waals surface area contributed by atoms with E-state index in [1.165, 1.54) is 6.08 Å². The summed E-state index contributed by atoms with van der Waals surface area (Å²) in [6.45, 7) is 0.548. The third-order valence-electron chi connectivity index (χ3n) is 4.26. The van der Waals surface area contributed by atoms with Gasteiger partial charge in [0.2, 0.25) is 5.91 Å². The Morgan fingerprint density at radius 1 is 1.24 bits per heavy atom. The monoisotopic (exact) mass is 495 g/mol. The van der Waals surface area contributed by atoms with Crippen LogP contribution in [0.25, 0.3) is 11.8 Å². The Hall–Kier alpha value is -3.79. The van der Waals surface area contributed by atoms with Gasteiger partial charge in [0.25, 0.3) is 0 Å². The summed E-state index contributed by atoms with van der Waals surface area (Å²) in [5.41, 5.74) is 2.85. The number of benzene rings is 2. The second-order valence-corrected chi connectivity index (χ2v) is 7.14. The largest absolute Gasteiger partial charge is 0.495 e. The zero-order valence-corrected chi connectivity index (χ0v) is 18.7. The minimum Gasteiger partial charge on any atom is -0.495 e. The van der Waals surface area contributed by atoms with Crippen molar-refractivity contribution >= 4 is 29.6 Å². The van der Waals surface area contributed by atoms with Gasteiger partial charge in [-0.25, -0.2) is 9.78 Å². The van der Waals surface area contributed by atoms with Crippen LogP contribution in [0.4, 0.5) is 13.2 Å². The number of ether oxygens (including phenoxy) is 1. The number of hydrogen-bond donors (Lipinski definition) is 2. The number of hydrogen-bond acceptors (Lipinski definition) is 4. The summed E-state index contributed by atoms with van der Waals surface area (Å²) in [5, 5.41) is 10.7. The van der Waals surface area contributed by atoms with Gasteiger partial charge in [0, 0.05) is 30.0 Å². The summed E-state index contributed by atoms with van der Waals surface area (Å²) in [6.07, 6.45) is 4.19. The molecule has 1 aromatic heterocycles. The Morgan fingerprint density at radius 3 is 2.56 bits per heavy atom. The van der Waals surface area contributed by atoms with Gasteiger partial charge in [0.15, 0.2) is 0 Å². The highest BCUT2D eigenvalue weighted by molar-refractivity contribution is 6.30. The number of imidazole rings is 1. The third-order valence-corrected chi connectivity index (χ3v) is 4.49. The highest BCUT2D eigenvalue weighted by Gasteiger charge is 2.38. The Morgan fingerprint density at radius 2 is 1.97 bits per heavy atom. The molecule has 180 valence electrons. The molecule has 0 aliphatic carbocycles. The fraction of sp³-hybridized carbons (Fsp3) is 0.174. The molecule has 7 nitrogen and oxygen atoms in total. The number of nitrogens with zero attached hydrogens (tertiary/aromatic N) is 2. The molecule has 34 heavy (non-hydrogen) atoms. The molecule has 2 aromatic carbocycles. The number of aromatic nitrogens is 2. The fourth-order valence-electron chi connectivity index (χ4n) is 2.67. The zero-order chi connectivity index (χ0) is 25.1. The van der Waals surface area contributed by atoms with Crippen LogP contribution in [0.2, 0.25) is 5.02 Å². The van der Waals surface area contributed by atoms with E-state index >= 15 is 0 Å². The number of carboxylic acid groups (broad SMARTS) is 1. The van der Waals surface area contributed by atoms with E-state index in [9.17, 15) is 18.0 Å². The second-order valence-electron chi connectivity index (χ2n) is 6.71. The molecular weight excluding hydrogens is 475 g/mol. The van der Waals surface area contributed by atoms with Crippen LogP contribution in [0, 0.1) is 0 Å². The Labute approximate surface area is 198 Å². The summed E-state index contributed by atoms with van der Waals surface area (Å²) < 4.78 is 39.1. The smallest absolute Gasteiger partial charge is 0.490 e. The first kappa shape index (κ1) is 26.5. The minimum absolute atomic E-state index is 0.144. The minimum atomic E-state index is -5.08. The van der Waals surface area contributed by atoms with E-state index in [2.05, 4.69) is 10.3 Å². The number of rotatable bonds is 7.